The van der Waals surface area contributed by atoms with Gasteiger partial charge in [-0.3, -0.25) is 0 Å². The Morgan fingerprint density at radius 1 is 1.38 bits per heavy atom. The van der Waals surface area contributed by atoms with Crippen molar-refractivity contribution in [1.82, 2.24) is 0 Å². The van der Waals surface area contributed by atoms with Gasteiger partial charge in [0.05, 0.1) is 6.42 Å². The Labute approximate surface area is 75.3 Å². The molecule has 0 bridgehead atoms. The molecule has 1 nitrogen and oxygen atoms in total. The van der Waals surface area contributed by atoms with Crippen molar-refractivity contribution in [2.75, 3.05) is 0 Å². The highest BCUT2D eigenvalue weighted by Crippen LogP contribution is 2.36. The fourth-order valence-electron chi connectivity index (χ4n) is 1.54. The molecule has 0 unspecified atom stereocenters. The molecule has 0 aromatic heterocycles. The van der Waals surface area contributed by atoms with Crippen LogP contribution in [0.1, 0.15) is 17.5 Å². The molecule has 0 aliphatic carbocycles. The maximum atomic E-state index is 12.8. The highest BCUT2D eigenvalue weighted by molar-refractivity contribution is 5.42. The molecule has 3 heteroatoms. The van der Waals surface area contributed by atoms with Crippen molar-refractivity contribution in [2.45, 2.75) is 25.9 Å². The van der Waals surface area contributed by atoms with E-state index in [0.717, 1.165) is 11.1 Å². The topological polar surface area (TPSA) is 9.23 Å². The Balaban J connectivity index is 2.44. The molecule has 1 aromatic rings. The van der Waals surface area contributed by atoms with Gasteiger partial charge in [0.15, 0.2) is 0 Å². The van der Waals surface area contributed by atoms with Gasteiger partial charge in [0.25, 0.3) is 0 Å². The molecule has 0 atom stereocenters. The number of para-hydroxylation sites is 1. The Morgan fingerprint density at radius 3 is 2.92 bits per heavy atom. The van der Waals surface area contributed by atoms with E-state index in [4.69, 9.17) is 0 Å². The van der Waals surface area contributed by atoms with E-state index in [-0.39, 0.29) is 6.42 Å². The fraction of sp³-hybridized carbons (Fsp3) is 0.400. The standard InChI is InChI=1S/C10H10F2O/c1-7-3-2-4-8-5-6-10(11,12)13-9(7)8/h2-4H,5-6H2,1H3. The van der Waals surface area contributed by atoms with Gasteiger partial charge in [0.1, 0.15) is 5.75 Å². The first-order valence-electron chi connectivity index (χ1n) is 4.24. The van der Waals surface area contributed by atoms with Crippen LogP contribution >= 0.6 is 0 Å². The zero-order chi connectivity index (χ0) is 9.47. The van der Waals surface area contributed by atoms with Gasteiger partial charge in [0.2, 0.25) is 0 Å². The zero-order valence-electron chi connectivity index (χ0n) is 7.31. The van der Waals surface area contributed by atoms with Crippen LogP contribution in [0, 0.1) is 6.92 Å². The van der Waals surface area contributed by atoms with E-state index >= 15 is 0 Å². The predicted molar refractivity (Wildman–Crippen MR) is 45.1 cm³/mol. The Kier molecular flexibility index (Phi) is 1.75. The normalized spacial score (nSPS) is 19.0. The van der Waals surface area contributed by atoms with Gasteiger partial charge in [-0.05, 0) is 24.5 Å². The summed E-state index contributed by atoms with van der Waals surface area (Å²) in [5.74, 6) is 0.360. The van der Waals surface area contributed by atoms with Gasteiger partial charge in [-0.15, -0.1) is 0 Å². The lowest BCUT2D eigenvalue weighted by Crippen LogP contribution is -2.29. The number of rotatable bonds is 0. The van der Waals surface area contributed by atoms with Crippen molar-refractivity contribution in [3.63, 3.8) is 0 Å². The Hall–Kier alpha value is -1.12. The van der Waals surface area contributed by atoms with E-state index in [1.807, 2.05) is 12.1 Å². The van der Waals surface area contributed by atoms with Crippen molar-refractivity contribution < 1.29 is 13.5 Å². The van der Waals surface area contributed by atoms with Crippen LogP contribution in [0.4, 0.5) is 8.78 Å². The van der Waals surface area contributed by atoms with Crippen molar-refractivity contribution in [2.24, 2.45) is 0 Å². The monoisotopic (exact) mass is 184 g/mol. The summed E-state index contributed by atoms with van der Waals surface area (Å²) in [5, 5.41) is 0. The van der Waals surface area contributed by atoms with Crippen molar-refractivity contribution in [3.05, 3.63) is 29.3 Å². The summed E-state index contributed by atoms with van der Waals surface area (Å²) in [4.78, 5) is 0. The van der Waals surface area contributed by atoms with Gasteiger partial charge in [-0.2, -0.15) is 8.78 Å². The number of alkyl halides is 2. The number of hydrogen-bond acceptors (Lipinski definition) is 1. The van der Waals surface area contributed by atoms with Crippen molar-refractivity contribution in [3.8, 4) is 5.75 Å². The van der Waals surface area contributed by atoms with Crippen LogP contribution < -0.4 is 4.74 Å². The molecule has 1 aliphatic rings. The molecule has 1 aromatic carbocycles. The smallest absolute Gasteiger partial charge is 0.398 e. The first-order chi connectivity index (χ1) is 6.08. The van der Waals surface area contributed by atoms with E-state index in [9.17, 15) is 8.78 Å². The molecule has 0 saturated carbocycles. The van der Waals surface area contributed by atoms with E-state index in [0.29, 0.717) is 12.2 Å². The maximum absolute atomic E-state index is 12.8. The largest absolute Gasteiger partial charge is 0.432 e. The summed E-state index contributed by atoms with van der Waals surface area (Å²) in [6.45, 7) is 1.78. The molecule has 0 amide bonds. The minimum atomic E-state index is -2.99. The van der Waals surface area contributed by atoms with Crippen LogP contribution in [0.5, 0.6) is 5.75 Å². The van der Waals surface area contributed by atoms with E-state index in [1.165, 1.54) is 0 Å². The van der Waals surface area contributed by atoms with E-state index < -0.39 is 6.11 Å². The van der Waals surface area contributed by atoms with E-state index in [1.54, 1.807) is 13.0 Å². The molecule has 70 valence electrons. The number of benzene rings is 1. The molecule has 1 aliphatic heterocycles. The lowest BCUT2D eigenvalue weighted by molar-refractivity contribution is -0.187. The summed E-state index contributed by atoms with van der Waals surface area (Å²) >= 11 is 0. The molecule has 0 radical (unpaired) electrons. The van der Waals surface area contributed by atoms with Crippen LogP contribution in [-0.2, 0) is 6.42 Å². The molecule has 1 heterocycles. The van der Waals surface area contributed by atoms with Gasteiger partial charge >= 0.3 is 6.11 Å². The Morgan fingerprint density at radius 2 is 2.15 bits per heavy atom. The van der Waals surface area contributed by atoms with Crippen LogP contribution in [-0.4, -0.2) is 6.11 Å². The lowest BCUT2D eigenvalue weighted by Gasteiger charge is -2.26. The molecule has 0 saturated heterocycles. The van der Waals surface area contributed by atoms with Crippen LogP contribution in [0.3, 0.4) is 0 Å². The molecule has 0 fully saturated rings. The third kappa shape index (κ3) is 1.50. The maximum Gasteiger partial charge on any atom is 0.398 e. The van der Waals surface area contributed by atoms with Crippen LogP contribution in [0.15, 0.2) is 18.2 Å². The SMILES string of the molecule is Cc1cccc2c1OC(F)(F)CC2. The van der Waals surface area contributed by atoms with Gasteiger partial charge < -0.3 is 4.74 Å². The van der Waals surface area contributed by atoms with Gasteiger partial charge in [0, 0.05) is 0 Å². The van der Waals surface area contributed by atoms with Crippen LogP contribution in [0.25, 0.3) is 0 Å². The number of fused-ring (bicyclic) bond motifs is 1. The summed E-state index contributed by atoms with van der Waals surface area (Å²) in [6, 6.07) is 5.47. The summed E-state index contributed by atoms with van der Waals surface area (Å²) in [7, 11) is 0. The first-order valence-corrected chi connectivity index (χ1v) is 4.24. The third-order valence-corrected chi connectivity index (χ3v) is 2.23. The van der Waals surface area contributed by atoms with Crippen molar-refractivity contribution in [1.29, 1.82) is 0 Å². The minimum absolute atomic E-state index is 0.219. The summed E-state index contributed by atoms with van der Waals surface area (Å²) < 4.78 is 30.3. The fourth-order valence-corrected chi connectivity index (χ4v) is 1.54. The molecule has 0 N–H and O–H groups in total. The number of ether oxygens (including phenoxy) is 1. The molecular formula is C10H10F2O. The van der Waals surface area contributed by atoms with Crippen LogP contribution in [0.2, 0.25) is 0 Å². The quantitative estimate of drug-likeness (QED) is 0.602. The lowest BCUT2D eigenvalue weighted by atomic mass is 10.0. The second kappa shape index (κ2) is 2.69. The summed E-state index contributed by atoms with van der Waals surface area (Å²) in [6.07, 6.45) is -2.81. The summed E-state index contributed by atoms with van der Waals surface area (Å²) in [5.41, 5.74) is 1.66. The average molecular weight is 184 g/mol. The molecule has 13 heavy (non-hydrogen) atoms. The van der Waals surface area contributed by atoms with Gasteiger partial charge in [-0.1, -0.05) is 18.2 Å². The highest BCUT2D eigenvalue weighted by atomic mass is 19.3. The van der Waals surface area contributed by atoms with Gasteiger partial charge in [-0.25, -0.2) is 0 Å². The molecule has 0 spiro atoms. The van der Waals surface area contributed by atoms with Crippen molar-refractivity contribution >= 4 is 0 Å². The first kappa shape index (κ1) is 8.48. The number of halogens is 2. The second-order valence-electron chi connectivity index (χ2n) is 3.30. The number of aryl methyl sites for hydroxylation is 2. The molecule has 2 rings (SSSR count). The zero-order valence-corrected chi connectivity index (χ0v) is 7.31. The average Bonchev–Trinajstić information content (AvgIpc) is 2.06. The second-order valence-corrected chi connectivity index (χ2v) is 3.30. The third-order valence-electron chi connectivity index (χ3n) is 2.23. The molecular weight excluding hydrogens is 174 g/mol. The van der Waals surface area contributed by atoms with E-state index in [2.05, 4.69) is 4.74 Å². The number of hydrogen-bond donors (Lipinski definition) is 0. The Bertz CT molecular complexity index is 334. The minimum Gasteiger partial charge on any atom is -0.432 e. The highest BCUT2D eigenvalue weighted by Gasteiger charge is 2.36. The predicted octanol–water partition coefficient (Wildman–Crippen LogP) is 2.91.